The van der Waals surface area contributed by atoms with Crippen LogP contribution in [-0.4, -0.2) is 23.3 Å². The summed E-state index contributed by atoms with van der Waals surface area (Å²) in [7, 11) is 1.64. The van der Waals surface area contributed by atoms with E-state index in [0.29, 0.717) is 13.3 Å². The summed E-state index contributed by atoms with van der Waals surface area (Å²) in [6, 6.07) is 17.7. The van der Waals surface area contributed by atoms with Crippen LogP contribution in [0.1, 0.15) is 6.92 Å². The second-order valence-electron chi connectivity index (χ2n) is 5.86. The van der Waals surface area contributed by atoms with Crippen LogP contribution in [0.25, 0.3) is 21.9 Å². The Hall–Kier alpha value is -3.05. The van der Waals surface area contributed by atoms with Crippen molar-refractivity contribution in [3.63, 3.8) is 0 Å². The molecule has 0 radical (unpaired) electrons. The molecular formula is C21H20N2O3. The molecule has 0 aliphatic carbocycles. The van der Waals surface area contributed by atoms with E-state index in [1.165, 1.54) is 0 Å². The van der Waals surface area contributed by atoms with Crippen molar-refractivity contribution in [1.29, 1.82) is 0 Å². The number of para-hydroxylation sites is 1. The van der Waals surface area contributed by atoms with Crippen molar-refractivity contribution in [3.05, 3.63) is 60.8 Å². The first-order valence-electron chi connectivity index (χ1n) is 8.57. The maximum Gasteiger partial charge on any atom is 0.146 e. The lowest BCUT2D eigenvalue weighted by molar-refractivity contribution is 0.0932. The van der Waals surface area contributed by atoms with E-state index in [-0.39, 0.29) is 0 Å². The number of hydrogen-bond acceptors (Lipinski definition) is 4. The number of fused-ring (bicyclic) bond motifs is 3. The van der Waals surface area contributed by atoms with Crippen LogP contribution >= 0.6 is 0 Å². The van der Waals surface area contributed by atoms with Gasteiger partial charge in [-0.25, -0.2) is 4.98 Å². The molecule has 0 unspecified atom stereocenters. The number of hydrogen-bond donors (Lipinski definition) is 0. The van der Waals surface area contributed by atoms with Gasteiger partial charge >= 0.3 is 0 Å². The van der Waals surface area contributed by atoms with Gasteiger partial charge in [0.25, 0.3) is 0 Å². The van der Waals surface area contributed by atoms with Gasteiger partial charge in [-0.15, -0.1) is 0 Å². The van der Waals surface area contributed by atoms with Gasteiger partial charge in [-0.2, -0.15) is 0 Å². The minimum absolute atomic E-state index is 0.454. The van der Waals surface area contributed by atoms with Crippen molar-refractivity contribution in [2.45, 2.75) is 13.7 Å². The fourth-order valence-electron chi connectivity index (χ4n) is 3.12. The normalized spacial score (nSPS) is 11.2. The molecule has 0 atom stereocenters. The smallest absolute Gasteiger partial charge is 0.146 e. The Bertz CT molecular complexity index is 1060. The van der Waals surface area contributed by atoms with Crippen LogP contribution in [0.15, 0.2) is 60.8 Å². The predicted molar refractivity (Wildman–Crippen MR) is 102 cm³/mol. The van der Waals surface area contributed by atoms with E-state index in [4.69, 9.17) is 14.2 Å². The topological polar surface area (TPSA) is 45.5 Å². The average Bonchev–Trinajstić information content (AvgIpc) is 3.01. The Morgan fingerprint density at radius 3 is 2.69 bits per heavy atom. The summed E-state index contributed by atoms with van der Waals surface area (Å²) >= 11 is 0. The molecule has 5 nitrogen and oxygen atoms in total. The molecule has 2 heterocycles. The van der Waals surface area contributed by atoms with Crippen LogP contribution in [0.4, 0.5) is 0 Å². The first-order valence-corrected chi connectivity index (χ1v) is 8.57. The second-order valence-corrected chi connectivity index (χ2v) is 5.86. The van der Waals surface area contributed by atoms with Gasteiger partial charge in [-0.05, 0) is 31.2 Å². The SMILES string of the molecule is CCOCn1c2ccccc2c2c(Oc3cccc(OC)c3)ccnc21. The van der Waals surface area contributed by atoms with Crippen LogP contribution in [0.3, 0.4) is 0 Å². The Kier molecular flexibility index (Phi) is 4.46. The summed E-state index contributed by atoms with van der Waals surface area (Å²) in [5.74, 6) is 2.24. The summed E-state index contributed by atoms with van der Waals surface area (Å²) < 4.78 is 19.2. The molecule has 132 valence electrons. The number of pyridine rings is 1. The molecule has 0 saturated carbocycles. The van der Waals surface area contributed by atoms with Crippen molar-refractivity contribution >= 4 is 21.9 Å². The minimum Gasteiger partial charge on any atom is -0.497 e. The maximum atomic E-state index is 6.19. The highest BCUT2D eigenvalue weighted by atomic mass is 16.5. The summed E-state index contributed by atoms with van der Waals surface area (Å²) in [6.45, 7) is 3.09. The molecule has 0 saturated heterocycles. The Labute approximate surface area is 151 Å². The molecule has 5 heteroatoms. The number of aromatic nitrogens is 2. The van der Waals surface area contributed by atoms with Gasteiger partial charge in [0.1, 0.15) is 29.6 Å². The molecule has 0 amide bonds. The molecule has 4 rings (SSSR count). The quantitative estimate of drug-likeness (QED) is 0.493. The zero-order chi connectivity index (χ0) is 17.9. The molecule has 2 aromatic carbocycles. The highest BCUT2D eigenvalue weighted by Crippen LogP contribution is 2.37. The highest BCUT2D eigenvalue weighted by Gasteiger charge is 2.16. The number of ether oxygens (including phenoxy) is 3. The lowest BCUT2D eigenvalue weighted by atomic mass is 10.2. The van der Waals surface area contributed by atoms with Gasteiger partial charge in [-0.1, -0.05) is 24.3 Å². The minimum atomic E-state index is 0.454. The maximum absolute atomic E-state index is 6.19. The van der Waals surface area contributed by atoms with Crippen molar-refractivity contribution in [3.8, 4) is 17.2 Å². The molecule has 4 aromatic rings. The molecule has 0 aliphatic rings. The van der Waals surface area contributed by atoms with Crippen LogP contribution in [0.5, 0.6) is 17.2 Å². The van der Waals surface area contributed by atoms with Crippen LogP contribution in [-0.2, 0) is 11.5 Å². The Morgan fingerprint density at radius 1 is 1.00 bits per heavy atom. The molecule has 0 fully saturated rings. The van der Waals surface area contributed by atoms with Crippen molar-refractivity contribution in [2.75, 3.05) is 13.7 Å². The van der Waals surface area contributed by atoms with Crippen LogP contribution < -0.4 is 9.47 Å². The van der Waals surface area contributed by atoms with E-state index >= 15 is 0 Å². The third-order valence-electron chi connectivity index (χ3n) is 4.31. The third-order valence-corrected chi connectivity index (χ3v) is 4.31. The number of methoxy groups -OCH3 is 1. The summed E-state index contributed by atoms with van der Waals surface area (Å²) in [5, 5.41) is 2.07. The number of benzene rings is 2. The van der Waals surface area contributed by atoms with Gasteiger partial charge < -0.3 is 18.8 Å². The standard InChI is InChI=1S/C21H20N2O3/c1-3-25-14-23-18-10-5-4-9-17(18)20-19(11-12-22-21(20)23)26-16-8-6-7-15(13-16)24-2/h4-13H,3,14H2,1-2H3. The second kappa shape index (κ2) is 7.06. The summed E-state index contributed by atoms with van der Waals surface area (Å²) in [6.07, 6.45) is 1.76. The highest BCUT2D eigenvalue weighted by molar-refractivity contribution is 6.09. The number of nitrogens with zero attached hydrogens (tertiary/aromatic N) is 2. The fraction of sp³-hybridized carbons (Fsp3) is 0.190. The third kappa shape index (κ3) is 2.86. The monoisotopic (exact) mass is 348 g/mol. The molecule has 2 aromatic heterocycles. The lowest BCUT2D eigenvalue weighted by Crippen LogP contribution is -2.02. The van der Waals surface area contributed by atoms with Crippen molar-refractivity contribution in [2.24, 2.45) is 0 Å². The van der Waals surface area contributed by atoms with Gasteiger partial charge in [0.2, 0.25) is 0 Å². The summed E-state index contributed by atoms with van der Waals surface area (Å²) in [5.41, 5.74) is 1.92. The van der Waals surface area contributed by atoms with Crippen molar-refractivity contribution in [1.82, 2.24) is 9.55 Å². The van der Waals surface area contributed by atoms with E-state index < -0.39 is 0 Å². The fourth-order valence-corrected chi connectivity index (χ4v) is 3.12. The van der Waals surface area contributed by atoms with Gasteiger partial charge in [0.15, 0.2) is 0 Å². The van der Waals surface area contributed by atoms with E-state index in [2.05, 4.69) is 21.7 Å². The predicted octanol–water partition coefficient (Wildman–Crippen LogP) is 4.98. The van der Waals surface area contributed by atoms with Crippen LogP contribution in [0, 0.1) is 0 Å². The van der Waals surface area contributed by atoms with Gasteiger partial charge in [0, 0.05) is 24.3 Å². The molecule has 0 bridgehead atoms. The largest absolute Gasteiger partial charge is 0.497 e. The Balaban J connectivity index is 1.88. The van der Waals surface area contributed by atoms with Crippen molar-refractivity contribution < 1.29 is 14.2 Å². The first-order chi connectivity index (χ1) is 12.8. The summed E-state index contributed by atoms with van der Waals surface area (Å²) in [4.78, 5) is 4.59. The number of rotatable bonds is 6. The van der Waals surface area contributed by atoms with E-state index in [0.717, 1.165) is 39.2 Å². The van der Waals surface area contributed by atoms with Crippen LogP contribution in [0.2, 0.25) is 0 Å². The molecule has 26 heavy (non-hydrogen) atoms. The van der Waals surface area contributed by atoms with E-state index in [1.54, 1.807) is 13.3 Å². The molecule has 0 aliphatic heterocycles. The average molecular weight is 348 g/mol. The zero-order valence-electron chi connectivity index (χ0n) is 14.8. The van der Waals surface area contributed by atoms with Gasteiger partial charge in [-0.3, -0.25) is 0 Å². The Morgan fingerprint density at radius 2 is 1.85 bits per heavy atom. The molecule has 0 N–H and O–H groups in total. The molecular weight excluding hydrogens is 328 g/mol. The zero-order valence-corrected chi connectivity index (χ0v) is 14.8. The van der Waals surface area contributed by atoms with E-state index in [1.807, 2.05) is 49.4 Å². The van der Waals surface area contributed by atoms with E-state index in [9.17, 15) is 0 Å². The lowest BCUT2D eigenvalue weighted by Gasteiger charge is -2.09. The first kappa shape index (κ1) is 16.4. The molecule has 0 spiro atoms. The van der Waals surface area contributed by atoms with Gasteiger partial charge in [0.05, 0.1) is 18.0 Å².